The lowest BCUT2D eigenvalue weighted by Gasteiger charge is -2.02. The fraction of sp³-hybridized carbons (Fsp3) is 0.357. The molecule has 4 aromatic rings. The minimum atomic E-state index is -0.0287. The second-order valence-corrected chi connectivity index (χ2v) is 11.1. The SMILES string of the molecule is O=C(CCCc1ccccc1)Nc1nnc(CCCCc2nnc(NC(=O)CCCc3ccccc3)s2)s1. The van der Waals surface area contributed by atoms with Gasteiger partial charge in [0.2, 0.25) is 22.1 Å². The van der Waals surface area contributed by atoms with Crippen LogP contribution in [0.4, 0.5) is 10.3 Å². The fourth-order valence-corrected chi connectivity index (χ4v) is 5.52. The van der Waals surface area contributed by atoms with Crippen LogP contribution in [0.25, 0.3) is 0 Å². The molecule has 2 heterocycles. The molecular weight excluding hydrogens is 516 g/mol. The molecule has 38 heavy (non-hydrogen) atoms. The van der Waals surface area contributed by atoms with Crippen LogP contribution >= 0.6 is 22.7 Å². The molecule has 0 unspecified atom stereocenters. The molecule has 0 radical (unpaired) electrons. The molecule has 0 aliphatic rings. The normalized spacial score (nSPS) is 10.8. The van der Waals surface area contributed by atoms with Gasteiger partial charge >= 0.3 is 0 Å². The number of rotatable bonds is 15. The Morgan fingerprint density at radius 2 is 0.974 bits per heavy atom. The fourth-order valence-electron chi connectivity index (χ4n) is 3.92. The zero-order valence-corrected chi connectivity index (χ0v) is 22.9. The van der Waals surface area contributed by atoms with E-state index in [9.17, 15) is 9.59 Å². The first-order chi connectivity index (χ1) is 18.6. The Labute approximate surface area is 231 Å². The third-order valence-corrected chi connectivity index (χ3v) is 7.68. The number of nitrogens with zero attached hydrogens (tertiary/aromatic N) is 4. The Bertz CT molecular complexity index is 1180. The molecule has 0 aliphatic carbocycles. The maximum absolute atomic E-state index is 12.2. The highest BCUT2D eigenvalue weighted by atomic mass is 32.1. The average molecular weight is 549 g/mol. The highest BCUT2D eigenvalue weighted by Gasteiger charge is 2.10. The highest BCUT2D eigenvalue weighted by molar-refractivity contribution is 7.15. The molecule has 0 atom stereocenters. The van der Waals surface area contributed by atoms with E-state index in [-0.39, 0.29) is 11.8 Å². The van der Waals surface area contributed by atoms with Gasteiger partial charge in [0, 0.05) is 25.7 Å². The number of benzene rings is 2. The molecule has 0 fully saturated rings. The Balaban J connectivity index is 1.07. The monoisotopic (exact) mass is 548 g/mol. The number of carbonyl (C=O) groups excluding carboxylic acids is 2. The van der Waals surface area contributed by atoms with E-state index in [4.69, 9.17) is 0 Å². The van der Waals surface area contributed by atoms with Gasteiger partial charge in [-0.3, -0.25) is 9.59 Å². The Morgan fingerprint density at radius 3 is 1.39 bits per heavy atom. The van der Waals surface area contributed by atoms with Crippen molar-refractivity contribution in [3.63, 3.8) is 0 Å². The number of hydrogen-bond acceptors (Lipinski definition) is 8. The van der Waals surface area contributed by atoms with Gasteiger partial charge in [0.05, 0.1) is 0 Å². The van der Waals surface area contributed by atoms with Crippen LogP contribution in [0.5, 0.6) is 0 Å². The van der Waals surface area contributed by atoms with Crippen molar-refractivity contribution in [1.82, 2.24) is 20.4 Å². The van der Waals surface area contributed by atoms with Gasteiger partial charge in [-0.05, 0) is 49.7 Å². The van der Waals surface area contributed by atoms with Gasteiger partial charge in [-0.15, -0.1) is 20.4 Å². The number of anilines is 2. The second kappa shape index (κ2) is 15.0. The molecule has 8 nitrogen and oxygen atoms in total. The van der Waals surface area contributed by atoms with E-state index in [1.165, 1.54) is 33.8 Å². The van der Waals surface area contributed by atoms with Crippen LogP contribution in [0, 0.1) is 0 Å². The number of carbonyl (C=O) groups is 2. The predicted molar refractivity (Wildman–Crippen MR) is 152 cm³/mol. The summed E-state index contributed by atoms with van der Waals surface area (Å²) in [4.78, 5) is 24.4. The lowest BCUT2D eigenvalue weighted by atomic mass is 10.1. The minimum absolute atomic E-state index is 0.0287. The van der Waals surface area contributed by atoms with E-state index in [1.54, 1.807) is 0 Å². The van der Waals surface area contributed by atoms with Crippen LogP contribution in [0.3, 0.4) is 0 Å². The molecule has 10 heteroatoms. The summed E-state index contributed by atoms with van der Waals surface area (Å²) in [6.45, 7) is 0. The summed E-state index contributed by atoms with van der Waals surface area (Å²) in [5.74, 6) is -0.0574. The van der Waals surface area contributed by atoms with Crippen LogP contribution in [-0.2, 0) is 35.3 Å². The number of amides is 2. The maximum atomic E-state index is 12.2. The smallest absolute Gasteiger partial charge is 0.226 e. The van der Waals surface area contributed by atoms with Crippen molar-refractivity contribution < 1.29 is 9.59 Å². The quantitative estimate of drug-likeness (QED) is 0.180. The first kappa shape index (κ1) is 27.5. The van der Waals surface area contributed by atoms with Crippen LogP contribution in [0.1, 0.15) is 59.7 Å². The van der Waals surface area contributed by atoms with Crippen LogP contribution < -0.4 is 10.6 Å². The zero-order valence-electron chi connectivity index (χ0n) is 21.3. The largest absolute Gasteiger partial charge is 0.301 e. The van der Waals surface area contributed by atoms with Crippen molar-refractivity contribution in [1.29, 1.82) is 0 Å². The lowest BCUT2D eigenvalue weighted by Crippen LogP contribution is -2.11. The van der Waals surface area contributed by atoms with Crippen molar-refractivity contribution >= 4 is 44.8 Å². The molecule has 2 amide bonds. The Hall–Kier alpha value is -3.50. The molecule has 2 aromatic carbocycles. The van der Waals surface area contributed by atoms with E-state index in [0.29, 0.717) is 23.1 Å². The van der Waals surface area contributed by atoms with Crippen molar-refractivity contribution in [2.24, 2.45) is 0 Å². The summed E-state index contributed by atoms with van der Waals surface area (Å²) in [5.41, 5.74) is 2.48. The van der Waals surface area contributed by atoms with E-state index < -0.39 is 0 Å². The number of hydrogen-bond donors (Lipinski definition) is 2. The minimum Gasteiger partial charge on any atom is -0.301 e. The molecule has 4 rings (SSSR count). The topological polar surface area (TPSA) is 110 Å². The van der Waals surface area contributed by atoms with E-state index in [1.807, 2.05) is 36.4 Å². The van der Waals surface area contributed by atoms with Crippen molar-refractivity contribution in [3.05, 3.63) is 81.8 Å². The van der Waals surface area contributed by atoms with Crippen molar-refractivity contribution in [2.75, 3.05) is 10.6 Å². The molecule has 198 valence electrons. The molecule has 0 spiro atoms. The summed E-state index contributed by atoms with van der Waals surface area (Å²) in [6, 6.07) is 20.3. The van der Waals surface area contributed by atoms with Gasteiger partial charge in [0.15, 0.2) is 0 Å². The van der Waals surface area contributed by atoms with Gasteiger partial charge in [-0.25, -0.2) is 0 Å². The molecule has 0 aliphatic heterocycles. The summed E-state index contributed by atoms with van der Waals surface area (Å²) in [6.07, 6.45) is 7.74. The first-order valence-electron chi connectivity index (χ1n) is 13.0. The standard InChI is InChI=1S/C28H32N6O2S2/c35-23(17-9-15-21-11-3-1-4-12-21)29-27-33-31-25(37-27)19-7-8-20-26-32-34-28(38-26)30-24(36)18-10-16-22-13-5-2-6-14-22/h1-6,11-14H,7-10,15-20H2,(H,29,33,35)(H,30,34,36). The zero-order chi connectivity index (χ0) is 26.4. The summed E-state index contributed by atoms with van der Waals surface area (Å²) >= 11 is 2.85. The van der Waals surface area contributed by atoms with E-state index in [0.717, 1.165) is 61.4 Å². The second-order valence-electron chi connectivity index (χ2n) is 8.98. The predicted octanol–water partition coefficient (Wildman–Crippen LogP) is 5.88. The Morgan fingerprint density at radius 1 is 0.553 bits per heavy atom. The van der Waals surface area contributed by atoms with Gasteiger partial charge in [-0.1, -0.05) is 83.3 Å². The summed E-state index contributed by atoms with van der Waals surface area (Å²) in [7, 11) is 0. The first-order valence-corrected chi connectivity index (χ1v) is 14.6. The van der Waals surface area contributed by atoms with Crippen LogP contribution in [0.2, 0.25) is 0 Å². The van der Waals surface area contributed by atoms with Crippen LogP contribution in [0.15, 0.2) is 60.7 Å². The molecule has 0 saturated heterocycles. The van der Waals surface area contributed by atoms with Crippen molar-refractivity contribution in [3.8, 4) is 0 Å². The average Bonchev–Trinajstić information content (AvgIpc) is 3.57. The van der Waals surface area contributed by atoms with Gasteiger partial charge in [0.1, 0.15) is 10.0 Å². The molecule has 0 saturated carbocycles. The van der Waals surface area contributed by atoms with Gasteiger partial charge < -0.3 is 10.6 Å². The molecule has 2 aromatic heterocycles. The third-order valence-electron chi connectivity index (χ3n) is 5.88. The van der Waals surface area contributed by atoms with E-state index >= 15 is 0 Å². The van der Waals surface area contributed by atoms with Gasteiger partial charge in [0.25, 0.3) is 0 Å². The number of aryl methyl sites for hydroxylation is 4. The van der Waals surface area contributed by atoms with Crippen LogP contribution in [-0.4, -0.2) is 32.2 Å². The summed E-state index contributed by atoms with van der Waals surface area (Å²) < 4.78 is 0. The maximum Gasteiger partial charge on any atom is 0.226 e. The number of aromatic nitrogens is 4. The lowest BCUT2D eigenvalue weighted by molar-refractivity contribution is -0.117. The third kappa shape index (κ3) is 9.75. The summed E-state index contributed by atoms with van der Waals surface area (Å²) in [5, 5.41) is 25.3. The number of unbranched alkanes of at least 4 members (excludes halogenated alkanes) is 1. The van der Waals surface area contributed by atoms with Gasteiger partial charge in [-0.2, -0.15) is 0 Å². The molecule has 0 bridgehead atoms. The number of nitrogens with one attached hydrogen (secondary N) is 2. The highest BCUT2D eigenvalue weighted by Crippen LogP contribution is 2.20. The molecule has 2 N–H and O–H groups in total. The molecular formula is C28H32N6O2S2. The Kier molecular flexibility index (Phi) is 10.9. The van der Waals surface area contributed by atoms with Crippen molar-refractivity contribution in [2.45, 2.75) is 64.2 Å². The van der Waals surface area contributed by atoms with E-state index in [2.05, 4.69) is 55.3 Å².